The average molecular weight is 507 g/mol. The number of anilines is 4. The van der Waals surface area contributed by atoms with E-state index in [9.17, 15) is 13.2 Å². The number of fused-ring (bicyclic) bond motifs is 1. The predicted octanol–water partition coefficient (Wildman–Crippen LogP) is 6.94. The summed E-state index contributed by atoms with van der Waals surface area (Å²) in [4.78, 5) is 13.1. The quantitative estimate of drug-likeness (QED) is 0.244. The lowest BCUT2D eigenvalue weighted by Gasteiger charge is -2.12. The number of aromatic nitrogens is 3. The van der Waals surface area contributed by atoms with Gasteiger partial charge in [0.05, 0.1) is 22.5 Å². The van der Waals surface area contributed by atoms with Crippen LogP contribution in [0.15, 0.2) is 78.9 Å². The van der Waals surface area contributed by atoms with Crippen molar-refractivity contribution in [2.75, 3.05) is 16.8 Å². The molecule has 0 aliphatic rings. The third-order valence-electron chi connectivity index (χ3n) is 5.48. The Morgan fingerprint density at radius 2 is 1.50 bits per heavy atom. The Morgan fingerprint density at radius 3 is 2.25 bits per heavy atom. The zero-order chi connectivity index (χ0) is 25.4. The lowest BCUT2D eigenvalue weighted by Crippen LogP contribution is -2.04. The van der Waals surface area contributed by atoms with Gasteiger partial charge in [-0.15, -0.1) is 0 Å². The molecule has 2 aromatic heterocycles. The maximum atomic E-state index is 13.1. The molecule has 3 aromatic carbocycles. The molecule has 0 spiro atoms. The molecule has 0 atom stereocenters. The first kappa shape index (κ1) is 23.4. The van der Waals surface area contributed by atoms with E-state index in [0.29, 0.717) is 50.1 Å². The number of rotatable bonds is 4. The Kier molecular flexibility index (Phi) is 5.85. The highest BCUT2D eigenvalue weighted by Gasteiger charge is 2.30. The van der Waals surface area contributed by atoms with Crippen LogP contribution in [-0.2, 0) is 6.18 Å². The maximum Gasteiger partial charge on any atom is 0.416 e. The Bertz CT molecular complexity index is 1590. The van der Waals surface area contributed by atoms with Crippen LogP contribution < -0.4 is 16.8 Å². The largest absolute Gasteiger partial charge is 0.416 e. The molecule has 0 unspecified atom stereocenters. The van der Waals surface area contributed by atoms with Crippen molar-refractivity contribution in [3.05, 3.63) is 89.4 Å². The fraction of sp³-hybridized carbons (Fsp3) is 0.0385. The molecular formula is C26H18ClF3N6. The summed E-state index contributed by atoms with van der Waals surface area (Å²) in [6.07, 6.45) is -4.45. The lowest BCUT2D eigenvalue weighted by molar-refractivity contribution is -0.137. The molecule has 5 aromatic rings. The second-order valence-electron chi connectivity index (χ2n) is 8.04. The van der Waals surface area contributed by atoms with Gasteiger partial charge >= 0.3 is 6.18 Å². The molecule has 6 nitrogen and oxygen atoms in total. The van der Waals surface area contributed by atoms with E-state index < -0.39 is 11.7 Å². The highest BCUT2D eigenvalue weighted by atomic mass is 35.5. The van der Waals surface area contributed by atoms with Gasteiger partial charge in [0.1, 0.15) is 5.82 Å². The van der Waals surface area contributed by atoms with Crippen molar-refractivity contribution in [1.29, 1.82) is 0 Å². The monoisotopic (exact) mass is 506 g/mol. The van der Waals surface area contributed by atoms with E-state index in [2.05, 4.69) is 20.3 Å². The molecule has 2 heterocycles. The van der Waals surface area contributed by atoms with E-state index in [1.807, 2.05) is 12.1 Å². The Balaban J connectivity index is 1.47. The van der Waals surface area contributed by atoms with Gasteiger partial charge in [-0.2, -0.15) is 18.2 Å². The number of pyridine rings is 1. The molecule has 0 aliphatic carbocycles. The number of nitrogens with one attached hydrogen (secondary N) is 1. The molecule has 5 rings (SSSR count). The van der Waals surface area contributed by atoms with Gasteiger partial charge in [-0.1, -0.05) is 35.9 Å². The second-order valence-corrected chi connectivity index (χ2v) is 8.47. The van der Waals surface area contributed by atoms with Crippen molar-refractivity contribution in [2.24, 2.45) is 0 Å². The van der Waals surface area contributed by atoms with Gasteiger partial charge in [0, 0.05) is 39.0 Å². The van der Waals surface area contributed by atoms with Gasteiger partial charge in [-0.25, -0.2) is 9.97 Å². The summed E-state index contributed by atoms with van der Waals surface area (Å²) in [5.74, 6) is 0.566. The first-order chi connectivity index (χ1) is 17.2. The molecule has 0 fully saturated rings. The van der Waals surface area contributed by atoms with E-state index >= 15 is 0 Å². The Morgan fingerprint density at radius 1 is 0.750 bits per heavy atom. The van der Waals surface area contributed by atoms with Crippen molar-refractivity contribution in [3.8, 4) is 22.5 Å². The Labute approximate surface area is 208 Å². The third kappa shape index (κ3) is 4.87. The van der Waals surface area contributed by atoms with Gasteiger partial charge in [-0.05, 0) is 48.5 Å². The first-order valence-corrected chi connectivity index (χ1v) is 11.1. The minimum atomic E-state index is -4.45. The minimum Gasteiger partial charge on any atom is -0.398 e. The molecule has 10 heteroatoms. The van der Waals surface area contributed by atoms with Gasteiger partial charge in [0.15, 0.2) is 0 Å². The number of nitrogens with two attached hydrogens (primary N) is 2. The van der Waals surface area contributed by atoms with Gasteiger partial charge in [-0.3, -0.25) is 0 Å². The summed E-state index contributed by atoms with van der Waals surface area (Å²) in [6.45, 7) is 0. The van der Waals surface area contributed by atoms with Crippen molar-refractivity contribution in [3.63, 3.8) is 0 Å². The number of halogens is 4. The molecule has 0 saturated carbocycles. The van der Waals surface area contributed by atoms with Crippen LogP contribution in [0.4, 0.5) is 36.3 Å². The van der Waals surface area contributed by atoms with Crippen LogP contribution in [0.3, 0.4) is 0 Å². The molecule has 36 heavy (non-hydrogen) atoms. The van der Waals surface area contributed by atoms with E-state index in [4.69, 9.17) is 23.1 Å². The number of benzene rings is 3. The van der Waals surface area contributed by atoms with Crippen molar-refractivity contribution >= 4 is 45.6 Å². The summed E-state index contributed by atoms with van der Waals surface area (Å²) in [7, 11) is 0. The van der Waals surface area contributed by atoms with Gasteiger partial charge in [0.2, 0.25) is 5.95 Å². The van der Waals surface area contributed by atoms with E-state index in [0.717, 1.165) is 17.7 Å². The van der Waals surface area contributed by atoms with Gasteiger partial charge < -0.3 is 16.8 Å². The second kappa shape index (κ2) is 9.01. The number of hydrogen-bond donors (Lipinski definition) is 3. The van der Waals surface area contributed by atoms with Crippen LogP contribution in [0.1, 0.15) is 5.56 Å². The van der Waals surface area contributed by atoms with Crippen molar-refractivity contribution in [1.82, 2.24) is 15.0 Å². The molecule has 0 radical (unpaired) electrons. The molecule has 0 aliphatic heterocycles. The van der Waals surface area contributed by atoms with Crippen LogP contribution in [0, 0.1) is 0 Å². The third-order valence-corrected chi connectivity index (χ3v) is 5.73. The fourth-order valence-corrected chi connectivity index (χ4v) is 3.90. The van der Waals surface area contributed by atoms with E-state index in [-0.39, 0.29) is 5.95 Å². The van der Waals surface area contributed by atoms with Crippen LogP contribution >= 0.6 is 11.6 Å². The summed E-state index contributed by atoms with van der Waals surface area (Å²) in [5, 5.41) is 4.43. The topological polar surface area (TPSA) is 103 Å². The van der Waals surface area contributed by atoms with Crippen molar-refractivity contribution < 1.29 is 13.2 Å². The molecule has 0 bridgehead atoms. The fourth-order valence-electron chi connectivity index (χ4n) is 3.78. The molecule has 5 N–H and O–H groups in total. The van der Waals surface area contributed by atoms with Gasteiger partial charge in [0.25, 0.3) is 0 Å². The minimum absolute atomic E-state index is 0.0950. The summed E-state index contributed by atoms with van der Waals surface area (Å²) >= 11 is 5.97. The zero-order valence-electron chi connectivity index (χ0n) is 18.5. The number of nitrogen functional groups attached to an aromatic ring is 2. The maximum absolute atomic E-state index is 13.1. The molecule has 180 valence electrons. The zero-order valence-corrected chi connectivity index (χ0v) is 19.3. The standard InChI is InChI=1S/C26H18ClF3N6/c27-17-6-4-14(5-7-17)23-13-24(36-25(32)35-23)33-18-8-9-21-19(11-18)20(31)12-22(34-21)15-2-1-3-16(10-15)26(28,29)30/h1-13H,(H2,31,34)(H3,32,33,35,36). The lowest BCUT2D eigenvalue weighted by atomic mass is 10.0. The first-order valence-electron chi connectivity index (χ1n) is 10.7. The van der Waals surface area contributed by atoms with Crippen LogP contribution in [0.2, 0.25) is 5.02 Å². The SMILES string of the molecule is Nc1nc(Nc2ccc3nc(-c4cccc(C(F)(F)F)c4)cc(N)c3c2)cc(-c2ccc(Cl)cc2)n1. The van der Waals surface area contributed by atoms with Crippen LogP contribution in [0.25, 0.3) is 33.4 Å². The van der Waals surface area contributed by atoms with Crippen LogP contribution in [0.5, 0.6) is 0 Å². The predicted molar refractivity (Wildman–Crippen MR) is 137 cm³/mol. The normalized spacial score (nSPS) is 11.6. The summed E-state index contributed by atoms with van der Waals surface area (Å²) in [5.41, 5.74) is 15.1. The summed E-state index contributed by atoms with van der Waals surface area (Å²) < 4.78 is 39.4. The molecular weight excluding hydrogens is 489 g/mol. The average Bonchev–Trinajstić information content (AvgIpc) is 2.84. The molecule has 0 saturated heterocycles. The molecule has 0 amide bonds. The van der Waals surface area contributed by atoms with E-state index in [1.54, 1.807) is 48.5 Å². The number of alkyl halides is 3. The Hall–Kier alpha value is -4.37. The number of hydrogen-bond acceptors (Lipinski definition) is 6. The highest BCUT2D eigenvalue weighted by Crippen LogP contribution is 2.34. The van der Waals surface area contributed by atoms with E-state index in [1.165, 1.54) is 6.07 Å². The summed E-state index contributed by atoms with van der Waals surface area (Å²) in [6, 6.07) is 20.8. The van der Waals surface area contributed by atoms with Crippen molar-refractivity contribution in [2.45, 2.75) is 6.18 Å². The number of nitrogens with zero attached hydrogens (tertiary/aromatic N) is 3. The smallest absolute Gasteiger partial charge is 0.398 e. The highest BCUT2D eigenvalue weighted by molar-refractivity contribution is 6.30. The van der Waals surface area contributed by atoms with Crippen LogP contribution in [-0.4, -0.2) is 15.0 Å².